The van der Waals surface area contributed by atoms with Crippen LogP contribution in [-0.2, 0) is 12.8 Å². The van der Waals surface area contributed by atoms with Gasteiger partial charge in [0.1, 0.15) is 6.61 Å². The molecule has 0 spiro atoms. The highest BCUT2D eigenvalue weighted by Crippen LogP contribution is 2.44. The Labute approximate surface area is 229 Å². The summed E-state index contributed by atoms with van der Waals surface area (Å²) < 4.78 is 42.7. The topological polar surface area (TPSA) is 103 Å². The van der Waals surface area contributed by atoms with Crippen molar-refractivity contribution in [3.05, 3.63) is 58.7 Å². The number of hydrogen-bond donors (Lipinski definition) is 2. The molecule has 0 bridgehead atoms. The van der Waals surface area contributed by atoms with Gasteiger partial charge >= 0.3 is 6.18 Å². The second-order valence-corrected chi connectivity index (χ2v) is 10.5. The fraction of sp³-hybridized carbons (Fsp3) is 0.538. The summed E-state index contributed by atoms with van der Waals surface area (Å²) in [5.74, 6) is 0.880. The molecule has 1 amide bonds. The lowest BCUT2D eigenvalue weighted by Gasteiger charge is -2.32. The Morgan fingerprint density at radius 3 is 2.44 bits per heavy atom. The number of nitrogens with one attached hydrogen (secondary N) is 1. The van der Waals surface area contributed by atoms with Gasteiger partial charge in [-0.05, 0) is 43.7 Å². The van der Waals surface area contributed by atoms with Crippen LogP contribution in [-0.4, -0.2) is 67.1 Å². The molecule has 0 unspecified atom stereocenters. The average molecular weight is 566 g/mol. The molecule has 2 N–H and O–H groups in total. The molecular formula is C26H31ClF3N7O2. The molecule has 39 heavy (non-hydrogen) atoms. The van der Waals surface area contributed by atoms with E-state index in [-0.39, 0.29) is 49.0 Å². The third kappa shape index (κ3) is 5.36. The minimum Gasteiger partial charge on any atom is -0.388 e. The Morgan fingerprint density at radius 2 is 1.77 bits per heavy atom. The van der Waals surface area contributed by atoms with Crippen molar-refractivity contribution in [1.29, 1.82) is 0 Å². The number of aliphatic hydroxyl groups is 1. The van der Waals surface area contributed by atoms with E-state index >= 15 is 0 Å². The van der Waals surface area contributed by atoms with Crippen molar-refractivity contribution in [3.63, 3.8) is 0 Å². The molecule has 1 saturated carbocycles. The van der Waals surface area contributed by atoms with Crippen LogP contribution in [0.15, 0.2) is 30.5 Å². The lowest BCUT2D eigenvalue weighted by atomic mass is 9.93. The van der Waals surface area contributed by atoms with Crippen molar-refractivity contribution in [2.24, 2.45) is 0 Å². The predicted octanol–water partition coefficient (Wildman–Crippen LogP) is 4.28. The number of carbonyl (C=O) groups is 1. The van der Waals surface area contributed by atoms with Crippen molar-refractivity contribution in [1.82, 2.24) is 29.9 Å². The number of piperidine rings is 1. The predicted molar refractivity (Wildman–Crippen MR) is 139 cm³/mol. The number of likely N-dealkylation sites (tertiary alicyclic amines) is 1. The molecule has 210 valence electrons. The number of amides is 1. The first-order chi connectivity index (χ1) is 18.3. The minimum atomic E-state index is -4.42. The second-order valence-electron chi connectivity index (χ2n) is 10.5. The number of H-pyrrole nitrogens is 1. The highest BCUT2D eigenvalue weighted by molar-refractivity contribution is 5.95. The van der Waals surface area contributed by atoms with Crippen LogP contribution < -0.4 is 4.90 Å². The van der Waals surface area contributed by atoms with Crippen LogP contribution in [0.4, 0.5) is 19.1 Å². The zero-order valence-electron chi connectivity index (χ0n) is 21.3. The summed E-state index contributed by atoms with van der Waals surface area (Å²) in [6, 6.07) is 5.83. The van der Waals surface area contributed by atoms with Gasteiger partial charge in [-0.2, -0.15) is 18.3 Å². The van der Waals surface area contributed by atoms with Crippen molar-refractivity contribution in [2.45, 2.75) is 62.8 Å². The Kier molecular flexibility index (Phi) is 7.60. The number of alkyl halides is 3. The van der Waals surface area contributed by atoms with Crippen LogP contribution in [0.5, 0.6) is 0 Å². The maximum Gasteiger partial charge on any atom is 0.416 e. The molecule has 9 nitrogen and oxygen atoms in total. The molecule has 6 rings (SSSR count). The maximum absolute atomic E-state index is 13.6. The number of benzene rings is 1. The average Bonchev–Trinajstić information content (AvgIpc) is 3.32. The molecule has 3 aliphatic rings. The van der Waals surface area contributed by atoms with E-state index in [1.807, 2.05) is 4.68 Å². The van der Waals surface area contributed by atoms with Gasteiger partial charge in [0, 0.05) is 38.0 Å². The van der Waals surface area contributed by atoms with E-state index in [9.17, 15) is 23.1 Å². The van der Waals surface area contributed by atoms with Crippen LogP contribution in [0.1, 0.15) is 83.0 Å². The molecule has 1 aliphatic carbocycles. The summed E-state index contributed by atoms with van der Waals surface area (Å²) in [5.41, 5.74) is 1.20. The number of aromatic nitrogens is 5. The number of hydrogen-bond acceptors (Lipinski definition) is 6. The number of carbonyl (C=O) groups excluding carboxylic acids is 1. The van der Waals surface area contributed by atoms with E-state index in [0.717, 1.165) is 50.5 Å². The van der Waals surface area contributed by atoms with Gasteiger partial charge in [0.2, 0.25) is 5.95 Å². The van der Waals surface area contributed by atoms with Crippen LogP contribution in [0.3, 0.4) is 0 Å². The van der Waals surface area contributed by atoms with Crippen LogP contribution in [0.2, 0.25) is 0 Å². The quantitative estimate of drug-likeness (QED) is 0.462. The monoisotopic (exact) mass is 565 g/mol. The molecule has 1 aromatic carbocycles. The SMILES string of the molecule is Cl.O=C(c1cnn(C2CCN(c3nnc(CO)[nH]3)CC2)c1C1CC1)N1CC[C@@H](c2ccccc2C(F)(F)F)C1. The third-order valence-corrected chi connectivity index (χ3v) is 7.99. The van der Waals surface area contributed by atoms with Crippen molar-refractivity contribution in [2.75, 3.05) is 31.1 Å². The number of halogens is 4. The normalized spacial score (nSPS) is 20.4. The molecule has 2 aliphatic heterocycles. The zero-order valence-corrected chi connectivity index (χ0v) is 22.1. The Balaban J connectivity index is 0.00000308. The van der Waals surface area contributed by atoms with Gasteiger partial charge in [0.25, 0.3) is 5.91 Å². The zero-order chi connectivity index (χ0) is 26.4. The van der Waals surface area contributed by atoms with E-state index in [2.05, 4.69) is 25.2 Å². The fourth-order valence-electron chi connectivity index (χ4n) is 5.89. The summed E-state index contributed by atoms with van der Waals surface area (Å²) in [7, 11) is 0. The van der Waals surface area contributed by atoms with E-state index in [1.165, 1.54) is 12.1 Å². The molecule has 3 fully saturated rings. The Hall–Kier alpha value is -3.12. The standard InChI is InChI=1S/C26H30F3N7O2.ClH/c27-26(28,29)21-4-2-1-3-19(21)17-7-10-35(14-17)24(38)20-13-30-36(23(20)16-5-6-16)18-8-11-34(12-9-18)25-31-22(15-37)32-33-25;/h1-4,13,16-18,37H,5-12,14-15H2,(H,31,32,33);1H/t17-;/m1./s1. The van der Waals surface area contributed by atoms with Gasteiger partial charge in [-0.3, -0.25) is 9.48 Å². The van der Waals surface area contributed by atoms with Gasteiger partial charge < -0.3 is 19.9 Å². The number of aliphatic hydroxyl groups excluding tert-OH is 1. The largest absolute Gasteiger partial charge is 0.416 e. The number of anilines is 1. The lowest BCUT2D eigenvalue weighted by Crippen LogP contribution is -2.36. The maximum atomic E-state index is 13.6. The van der Waals surface area contributed by atoms with Crippen molar-refractivity contribution < 1.29 is 23.1 Å². The lowest BCUT2D eigenvalue weighted by molar-refractivity contribution is -0.138. The van der Waals surface area contributed by atoms with Crippen molar-refractivity contribution in [3.8, 4) is 0 Å². The minimum absolute atomic E-state index is 0. The second kappa shape index (κ2) is 10.8. The van der Waals surface area contributed by atoms with E-state index in [1.54, 1.807) is 17.2 Å². The van der Waals surface area contributed by atoms with Gasteiger partial charge in [0.05, 0.1) is 29.1 Å². The molecule has 2 aromatic heterocycles. The first kappa shape index (κ1) is 27.4. The number of rotatable bonds is 6. The van der Waals surface area contributed by atoms with Gasteiger partial charge in [-0.25, -0.2) is 0 Å². The first-order valence-electron chi connectivity index (χ1n) is 13.1. The third-order valence-electron chi connectivity index (χ3n) is 7.99. The molecule has 2 saturated heterocycles. The summed E-state index contributed by atoms with van der Waals surface area (Å²) in [6.07, 6.45) is 1.41. The summed E-state index contributed by atoms with van der Waals surface area (Å²) >= 11 is 0. The fourth-order valence-corrected chi connectivity index (χ4v) is 5.89. The highest BCUT2D eigenvalue weighted by atomic mass is 35.5. The Morgan fingerprint density at radius 1 is 1.03 bits per heavy atom. The van der Waals surface area contributed by atoms with Gasteiger partial charge in [0.15, 0.2) is 5.82 Å². The van der Waals surface area contributed by atoms with E-state index in [0.29, 0.717) is 36.2 Å². The van der Waals surface area contributed by atoms with Crippen molar-refractivity contribution >= 4 is 24.3 Å². The van der Waals surface area contributed by atoms with Gasteiger partial charge in [-0.1, -0.05) is 18.2 Å². The van der Waals surface area contributed by atoms with Crippen LogP contribution in [0, 0.1) is 0 Å². The molecule has 0 radical (unpaired) electrons. The molecule has 13 heteroatoms. The van der Waals surface area contributed by atoms with E-state index in [4.69, 9.17) is 0 Å². The van der Waals surface area contributed by atoms with Crippen LogP contribution >= 0.6 is 12.4 Å². The summed E-state index contributed by atoms with van der Waals surface area (Å²) in [6.45, 7) is 1.99. The number of nitrogens with zero attached hydrogens (tertiary/aromatic N) is 6. The first-order valence-corrected chi connectivity index (χ1v) is 13.1. The molecule has 4 heterocycles. The van der Waals surface area contributed by atoms with E-state index < -0.39 is 11.7 Å². The number of aromatic amines is 1. The molecular weight excluding hydrogens is 535 g/mol. The smallest absolute Gasteiger partial charge is 0.388 e. The molecule has 3 aromatic rings. The Bertz CT molecular complexity index is 1310. The molecule has 1 atom stereocenters. The van der Waals surface area contributed by atoms with Crippen LogP contribution in [0.25, 0.3) is 0 Å². The summed E-state index contributed by atoms with van der Waals surface area (Å²) in [4.78, 5) is 20.4. The highest BCUT2D eigenvalue weighted by Gasteiger charge is 2.40. The summed E-state index contributed by atoms with van der Waals surface area (Å²) in [5, 5.41) is 21.9. The van der Waals surface area contributed by atoms with Gasteiger partial charge in [-0.15, -0.1) is 22.6 Å².